The Bertz CT molecular complexity index is 219. The SMILES string of the molecule is CC(C)(C)SCC(=O)N(CCO)CC(F)F. The van der Waals surface area contributed by atoms with Gasteiger partial charge in [-0.2, -0.15) is 0 Å². The lowest BCUT2D eigenvalue weighted by atomic mass is 10.3. The summed E-state index contributed by atoms with van der Waals surface area (Å²) < 4.78 is 24.2. The largest absolute Gasteiger partial charge is 0.395 e. The molecule has 0 saturated carbocycles. The lowest BCUT2D eigenvalue weighted by Gasteiger charge is -2.23. The molecule has 6 heteroatoms. The number of nitrogens with zero attached hydrogens (tertiary/aromatic N) is 1. The van der Waals surface area contributed by atoms with E-state index in [-0.39, 0.29) is 29.6 Å². The fraction of sp³-hybridized carbons (Fsp3) is 0.900. The quantitative estimate of drug-likeness (QED) is 0.784. The number of hydrogen-bond acceptors (Lipinski definition) is 3. The van der Waals surface area contributed by atoms with Gasteiger partial charge in [0.2, 0.25) is 5.91 Å². The first-order valence-electron chi connectivity index (χ1n) is 5.07. The lowest BCUT2D eigenvalue weighted by Crippen LogP contribution is -2.38. The molecular weight excluding hydrogens is 236 g/mol. The number of carbonyl (C=O) groups excluding carboxylic acids is 1. The highest BCUT2D eigenvalue weighted by Crippen LogP contribution is 2.23. The van der Waals surface area contributed by atoms with Gasteiger partial charge in [-0.25, -0.2) is 8.78 Å². The third-order valence-electron chi connectivity index (χ3n) is 1.71. The summed E-state index contributed by atoms with van der Waals surface area (Å²) in [6.07, 6.45) is -2.56. The number of carbonyl (C=O) groups is 1. The fourth-order valence-electron chi connectivity index (χ4n) is 0.975. The first-order chi connectivity index (χ1) is 7.26. The third-order valence-corrected chi connectivity index (χ3v) is 2.97. The van der Waals surface area contributed by atoms with E-state index in [9.17, 15) is 13.6 Å². The molecule has 0 fully saturated rings. The van der Waals surface area contributed by atoms with Gasteiger partial charge in [0.25, 0.3) is 6.43 Å². The summed E-state index contributed by atoms with van der Waals surface area (Å²) in [6.45, 7) is 4.92. The van der Waals surface area contributed by atoms with Crippen LogP contribution in [0.15, 0.2) is 0 Å². The minimum absolute atomic E-state index is 0.0339. The molecule has 0 heterocycles. The van der Waals surface area contributed by atoms with E-state index in [0.717, 1.165) is 4.90 Å². The van der Waals surface area contributed by atoms with Gasteiger partial charge in [-0.05, 0) is 0 Å². The second-order valence-electron chi connectivity index (χ2n) is 4.36. The van der Waals surface area contributed by atoms with E-state index >= 15 is 0 Å². The van der Waals surface area contributed by atoms with Crippen molar-refractivity contribution < 1.29 is 18.7 Å². The van der Waals surface area contributed by atoms with Crippen LogP contribution in [0.1, 0.15) is 20.8 Å². The molecule has 0 aromatic rings. The van der Waals surface area contributed by atoms with E-state index in [1.165, 1.54) is 11.8 Å². The average Bonchev–Trinajstić information content (AvgIpc) is 2.11. The maximum atomic E-state index is 12.2. The molecule has 0 aromatic carbocycles. The Kier molecular flexibility index (Phi) is 6.90. The Labute approximate surface area is 99.2 Å². The highest BCUT2D eigenvalue weighted by molar-refractivity contribution is 8.01. The van der Waals surface area contributed by atoms with Crippen molar-refractivity contribution in [1.82, 2.24) is 4.90 Å². The topological polar surface area (TPSA) is 40.5 Å². The molecule has 0 saturated heterocycles. The van der Waals surface area contributed by atoms with Gasteiger partial charge in [-0.1, -0.05) is 20.8 Å². The van der Waals surface area contributed by atoms with E-state index in [4.69, 9.17) is 5.11 Å². The summed E-state index contributed by atoms with van der Waals surface area (Å²) in [7, 11) is 0. The molecular formula is C10H19F2NO2S. The molecule has 1 amide bonds. The van der Waals surface area contributed by atoms with Gasteiger partial charge in [-0.15, -0.1) is 11.8 Å². The normalized spacial score (nSPS) is 11.9. The molecule has 0 radical (unpaired) electrons. The maximum Gasteiger partial charge on any atom is 0.255 e. The first kappa shape index (κ1) is 15.6. The van der Waals surface area contributed by atoms with Crippen LogP contribution in [0.4, 0.5) is 8.78 Å². The van der Waals surface area contributed by atoms with Crippen LogP contribution in [-0.2, 0) is 4.79 Å². The Morgan fingerprint density at radius 2 is 2.00 bits per heavy atom. The molecule has 0 atom stereocenters. The predicted octanol–water partition coefficient (Wildman–Crippen LogP) is 1.60. The zero-order valence-electron chi connectivity index (χ0n) is 9.87. The zero-order valence-corrected chi connectivity index (χ0v) is 10.7. The number of aliphatic hydroxyl groups excluding tert-OH is 1. The van der Waals surface area contributed by atoms with E-state index in [1.54, 1.807) is 0 Å². The van der Waals surface area contributed by atoms with Crippen molar-refractivity contribution in [1.29, 1.82) is 0 Å². The summed E-state index contributed by atoms with van der Waals surface area (Å²) in [4.78, 5) is 12.6. The van der Waals surface area contributed by atoms with Crippen molar-refractivity contribution in [2.24, 2.45) is 0 Å². The van der Waals surface area contributed by atoms with Gasteiger partial charge >= 0.3 is 0 Å². The standard InChI is InChI=1S/C10H19F2NO2S/c1-10(2,3)16-7-9(15)13(4-5-14)6-8(11)12/h8,14H,4-7H2,1-3H3. The van der Waals surface area contributed by atoms with Gasteiger partial charge in [0.1, 0.15) is 0 Å². The second kappa shape index (κ2) is 7.06. The summed E-state index contributed by atoms with van der Waals surface area (Å²) in [5, 5.41) is 8.68. The Balaban J connectivity index is 4.16. The van der Waals surface area contributed by atoms with E-state index in [0.29, 0.717) is 0 Å². The Hall–Kier alpha value is -0.360. The number of rotatable bonds is 6. The minimum atomic E-state index is -2.56. The van der Waals surface area contributed by atoms with Crippen LogP contribution in [0, 0.1) is 0 Å². The summed E-state index contributed by atoms with van der Waals surface area (Å²) in [6, 6.07) is 0. The van der Waals surface area contributed by atoms with Gasteiger partial charge < -0.3 is 10.0 Å². The highest BCUT2D eigenvalue weighted by Gasteiger charge is 2.20. The number of halogens is 2. The van der Waals surface area contributed by atoms with Crippen molar-refractivity contribution in [2.45, 2.75) is 31.9 Å². The molecule has 0 bridgehead atoms. The number of amides is 1. The fourth-order valence-corrected chi connectivity index (χ4v) is 1.71. The predicted molar refractivity (Wildman–Crippen MR) is 61.9 cm³/mol. The molecule has 0 aromatic heterocycles. The average molecular weight is 255 g/mol. The lowest BCUT2D eigenvalue weighted by molar-refractivity contribution is -0.130. The molecule has 96 valence electrons. The van der Waals surface area contributed by atoms with E-state index in [2.05, 4.69) is 0 Å². The zero-order chi connectivity index (χ0) is 12.8. The number of hydrogen-bond donors (Lipinski definition) is 1. The van der Waals surface area contributed by atoms with Crippen molar-refractivity contribution in [3.05, 3.63) is 0 Å². The minimum Gasteiger partial charge on any atom is -0.395 e. The summed E-state index contributed by atoms with van der Waals surface area (Å²) in [5.74, 6) is -0.190. The van der Waals surface area contributed by atoms with Crippen LogP contribution in [0.5, 0.6) is 0 Å². The molecule has 0 spiro atoms. The van der Waals surface area contributed by atoms with Crippen LogP contribution in [0.25, 0.3) is 0 Å². The maximum absolute atomic E-state index is 12.2. The molecule has 3 nitrogen and oxygen atoms in total. The van der Waals surface area contributed by atoms with Crippen molar-refractivity contribution in [3.63, 3.8) is 0 Å². The first-order valence-corrected chi connectivity index (χ1v) is 6.05. The van der Waals surface area contributed by atoms with Crippen LogP contribution in [0.3, 0.4) is 0 Å². The van der Waals surface area contributed by atoms with Gasteiger partial charge in [-0.3, -0.25) is 4.79 Å². The van der Waals surface area contributed by atoms with Crippen LogP contribution >= 0.6 is 11.8 Å². The Morgan fingerprint density at radius 1 is 1.44 bits per heavy atom. The molecule has 16 heavy (non-hydrogen) atoms. The smallest absolute Gasteiger partial charge is 0.255 e. The van der Waals surface area contributed by atoms with E-state index in [1.807, 2.05) is 20.8 Å². The van der Waals surface area contributed by atoms with Gasteiger partial charge in [0.15, 0.2) is 0 Å². The third kappa shape index (κ3) is 7.87. The molecule has 0 unspecified atom stereocenters. The molecule has 0 aliphatic rings. The molecule has 0 aliphatic carbocycles. The second-order valence-corrected chi connectivity index (χ2v) is 6.16. The highest BCUT2D eigenvalue weighted by atomic mass is 32.2. The molecule has 1 N–H and O–H groups in total. The molecule has 0 aliphatic heterocycles. The van der Waals surface area contributed by atoms with E-state index < -0.39 is 13.0 Å². The molecule has 0 rings (SSSR count). The van der Waals surface area contributed by atoms with Gasteiger partial charge in [0.05, 0.1) is 18.9 Å². The number of aliphatic hydroxyl groups is 1. The number of alkyl halides is 2. The van der Waals surface area contributed by atoms with Crippen LogP contribution in [0.2, 0.25) is 0 Å². The van der Waals surface area contributed by atoms with Crippen molar-refractivity contribution in [3.8, 4) is 0 Å². The number of thioether (sulfide) groups is 1. The summed E-state index contributed by atoms with van der Waals surface area (Å²) in [5.41, 5.74) is 0. The van der Waals surface area contributed by atoms with Crippen LogP contribution in [-0.4, -0.2) is 52.5 Å². The van der Waals surface area contributed by atoms with Crippen molar-refractivity contribution >= 4 is 17.7 Å². The summed E-state index contributed by atoms with van der Waals surface area (Å²) >= 11 is 1.41. The van der Waals surface area contributed by atoms with Gasteiger partial charge in [0, 0.05) is 11.3 Å². The van der Waals surface area contributed by atoms with Crippen LogP contribution < -0.4 is 0 Å². The Morgan fingerprint density at radius 3 is 2.38 bits per heavy atom. The monoisotopic (exact) mass is 255 g/mol. The van der Waals surface area contributed by atoms with Crippen molar-refractivity contribution in [2.75, 3.05) is 25.4 Å².